The summed E-state index contributed by atoms with van der Waals surface area (Å²) in [4.78, 5) is 0. The maximum atomic E-state index is 2.27. The second-order valence-electron chi connectivity index (χ2n) is 4.64. The molecule has 15 heavy (non-hydrogen) atoms. The summed E-state index contributed by atoms with van der Waals surface area (Å²) in [5, 5.41) is 0. The summed E-state index contributed by atoms with van der Waals surface area (Å²) in [5.74, 6) is 0.600. The zero-order chi connectivity index (χ0) is 11.0. The molecule has 0 N–H and O–H groups in total. The van der Waals surface area contributed by atoms with Crippen molar-refractivity contribution >= 4 is 0 Å². The standard InChI is InChI=1S/C15H18/c1-10(2)13-5-6-14-9-11(3)12(4)15(14)8-7-13/h5-10H,1-4H3. The van der Waals surface area contributed by atoms with E-state index in [1.807, 2.05) is 0 Å². The van der Waals surface area contributed by atoms with Gasteiger partial charge < -0.3 is 0 Å². The van der Waals surface area contributed by atoms with E-state index in [4.69, 9.17) is 0 Å². The first-order chi connectivity index (χ1) is 7.09. The van der Waals surface area contributed by atoms with Crippen LogP contribution in [0.5, 0.6) is 0 Å². The second kappa shape index (κ2) is 3.69. The van der Waals surface area contributed by atoms with Crippen molar-refractivity contribution < 1.29 is 0 Å². The summed E-state index contributed by atoms with van der Waals surface area (Å²) in [6, 6.07) is 11.3. The largest absolute Gasteiger partial charge is 0.0587 e. The normalized spacial score (nSPS) is 11.3. The molecule has 0 heteroatoms. The molecule has 0 aromatic carbocycles. The maximum absolute atomic E-state index is 2.27. The Morgan fingerprint density at radius 3 is 2.27 bits per heavy atom. The highest BCUT2D eigenvalue weighted by Gasteiger charge is 2.08. The first-order valence-electron chi connectivity index (χ1n) is 5.59. The third-order valence-electron chi connectivity index (χ3n) is 3.24. The molecule has 0 fully saturated rings. The summed E-state index contributed by atoms with van der Waals surface area (Å²) >= 11 is 0. The summed E-state index contributed by atoms with van der Waals surface area (Å²) < 4.78 is 0. The molecule has 0 aromatic rings. The summed E-state index contributed by atoms with van der Waals surface area (Å²) in [5.41, 5.74) is 6.96. The molecule has 0 saturated heterocycles. The van der Waals surface area contributed by atoms with Gasteiger partial charge in [0.05, 0.1) is 0 Å². The van der Waals surface area contributed by atoms with E-state index in [2.05, 4.69) is 58.0 Å². The van der Waals surface area contributed by atoms with Crippen molar-refractivity contribution in [1.82, 2.24) is 0 Å². The van der Waals surface area contributed by atoms with Crippen LogP contribution in [0, 0.1) is 13.8 Å². The van der Waals surface area contributed by atoms with Crippen LogP contribution in [0.4, 0.5) is 0 Å². The number of fused-ring (bicyclic) bond motifs is 1. The van der Waals surface area contributed by atoms with Gasteiger partial charge in [0, 0.05) is 0 Å². The van der Waals surface area contributed by atoms with Crippen molar-refractivity contribution in [2.75, 3.05) is 0 Å². The third-order valence-corrected chi connectivity index (χ3v) is 3.24. The van der Waals surface area contributed by atoms with Gasteiger partial charge in [-0.3, -0.25) is 0 Å². The number of hydrogen-bond donors (Lipinski definition) is 0. The van der Waals surface area contributed by atoms with Crippen LogP contribution in [-0.2, 0) is 0 Å². The van der Waals surface area contributed by atoms with Crippen LogP contribution < -0.4 is 0 Å². The topological polar surface area (TPSA) is 0 Å². The van der Waals surface area contributed by atoms with Crippen molar-refractivity contribution in [3.8, 4) is 11.1 Å². The molecule has 0 nitrogen and oxygen atoms in total. The Morgan fingerprint density at radius 1 is 0.933 bits per heavy atom. The molecule has 0 atom stereocenters. The van der Waals surface area contributed by atoms with Crippen molar-refractivity contribution in [1.29, 1.82) is 0 Å². The van der Waals surface area contributed by atoms with Gasteiger partial charge in [-0.1, -0.05) is 44.2 Å². The molecule has 2 aliphatic rings. The van der Waals surface area contributed by atoms with Gasteiger partial charge in [0.2, 0.25) is 0 Å². The van der Waals surface area contributed by atoms with E-state index in [0.717, 1.165) is 0 Å². The minimum absolute atomic E-state index is 0.600. The zero-order valence-electron chi connectivity index (χ0n) is 9.96. The molecular weight excluding hydrogens is 180 g/mol. The first-order valence-corrected chi connectivity index (χ1v) is 5.59. The van der Waals surface area contributed by atoms with E-state index >= 15 is 0 Å². The number of aryl methyl sites for hydroxylation is 1. The van der Waals surface area contributed by atoms with Crippen LogP contribution in [0.3, 0.4) is 0 Å². The monoisotopic (exact) mass is 198 g/mol. The van der Waals surface area contributed by atoms with Crippen molar-refractivity contribution in [3.63, 3.8) is 0 Å². The lowest BCUT2D eigenvalue weighted by molar-refractivity contribution is 0.868. The van der Waals surface area contributed by atoms with Crippen LogP contribution in [0.25, 0.3) is 11.1 Å². The van der Waals surface area contributed by atoms with Crippen molar-refractivity contribution in [2.45, 2.75) is 33.6 Å². The Bertz CT molecular complexity index is 452. The summed E-state index contributed by atoms with van der Waals surface area (Å²) in [7, 11) is 0. The fourth-order valence-corrected chi connectivity index (χ4v) is 2.01. The van der Waals surface area contributed by atoms with Gasteiger partial charge >= 0.3 is 0 Å². The van der Waals surface area contributed by atoms with Gasteiger partial charge in [0.1, 0.15) is 0 Å². The SMILES string of the molecule is Cc1cc2ccc(C(C)C)ccc-2c1C. The van der Waals surface area contributed by atoms with E-state index in [1.54, 1.807) is 0 Å². The first kappa shape index (κ1) is 10.2. The Kier molecular flexibility index (Phi) is 2.52. The van der Waals surface area contributed by atoms with Crippen molar-refractivity contribution in [3.05, 3.63) is 47.0 Å². The minimum atomic E-state index is 0.600. The van der Waals surface area contributed by atoms with Crippen LogP contribution >= 0.6 is 0 Å². The average molecular weight is 198 g/mol. The Hall–Kier alpha value is -1.30. The van der Waals surface area contributed by atoms with Crippen LogP contribution in [-0.4, -0.2) is 0 Å². The molecule has 78 valence electrons. The van der Waals surface area contributed by atoms with Crippen LogP contribution in [0.15, 0.2) is 30.3 Å². The molecule has 0 saturated carbocycles. The van der Waals surface area contributed by atoms with E-state index in [9.17, 15) is 0 Å². The highest BCUT2D eigenvalue weighted by atomic mass is 14.1. The predicted molar refractivity (Wildman–Crippen MR) is 66.6 cm³/mol. The smallest absolute Gasteiger partial charge is 0.0152 e. The van der Waals surface area contributed by atoms with E-state index in [0.29, 0.717) is 5.92 Å². The van der Waals surface area contributed by atoms with Gasteiger partial charge in [-0.25, -0.2) is 0 Å². The molecule has 0 heterocycles. The highest BCUT2D eigenvalue weighted by molar-refractivity contribution is 5.72. The molecule has 0 bridgehead atoms. The molecule has 2 rings (SSSR count). The molecule has 0 unspecified atom stereocenters. The fourth-order valence-electron chi connectivity index (χ4n) is 2.01. The predicted octanol–water partition coefficient (Wildman–Crippen LogP) is 4.53. The highest BCUT2D eigenvalue weighted by Crippen LogP contribution is 2.30. The van der Waals surface area contributed by atoms with Gasteiger partial charge in [-0.15, -0.1) is 0 Å². The fraction of sp³-hybridized carbons (Fsp3) is 0.333. The lowest BCUT2D eigenvalue weighted by atomic mass is 10.1. The van der Waals surface area contributed by atoms with Gasteiger partial charge in [0.25, 0.3) is 0 Å². The maximum Gasteiger partial charge on any atom is -0.0152 e. The number of rotatable bonds is 1. The van der Waals surface area contributed by atoms with Gasteiger partial charge in [0.15, 0.2) is 0 Å². The van der Waals surface area contributed by atoms with Gasteiger partial charge in [-0.2, -0.15) is 0 Å². The molecule has 0 aromatic heterocycles. The average Bonchev–Trinajstić information content (AvgIpc) is 2.40. The quantitative estimate of drug-likeness (QED) is 0.631. The number of hydrogen-bond acceptors (Lipinski definition) is 0. The molecule has 0 aliphatic heterocycles. The minimum Gasteiger partial charge on any atom is -0.0587 e. The Balaban J connectivity index is 2.63. The van der Waals surface area contributed by atoms with E-state index in [1.165, 1.54) is 27.8 Å². The lowest BCUT2D eigenvalue weighted by Crippen LogP contribution is -1.81. The lowest BCUT2D eigenvalue weighted by Gasteiger charge is -1.99. The van der Waals surface area contributed by atoms with Crippen LogP contribution in [0.2, 0.25) is 0 Å². The van der Waals surface area contributed by atoms with E-state index < -0.39 is 0 Å². The Morgan fingerprint density at radius 2 is 1.60 bits per heavy atom. The summed E-state index contributed by atoms with van der Waals surface area (Å²) in [6.07, 6.45) is 0. The van der Waals surface area contributed by atoms with Crippen molar-refractivity contribution in [2.24, 2.45) is 0 Å². The third kappa shape index (κ3) is 1.77. The summed E-state index contributed by atoms with van der Waals surface area (Å²) in [6.45, 7) is 8.85. The van der Waals surface area contributed by atoms with E-state index in [-0.39, 0.29) is 0 Å². The molecule has 2 aliphatic carbocycles. The molecule has 0 radical (unpaired) electrons. The second-order valence-corrected chi connectivity index (χ2v) is 4.64. The molecule has 0 spiro atoms. The van der Waals surface area contributed by atoms with Crippen LogP contribution in [0.1, 0.15) is 36.5 Å². The Labute approximate surface area is 92.3 Å². The molecule has 0 amide bonds. The zero-order valence-corrected chi connectivity index (χ0v) is 9.96. The molecular formula is C15H18. The van der Waals surface area contributed by atoms with Gasteiger partial charge in [-0.05, 0) is 47.6 Å².